The number of hydrogen-bond donors (Lipinski definition) is 4. The number of esters is 2. The van der Waals surface area contributed by atoms with Crippen LogP contribution in [0.3, 0.4) is 0 Å². The molecule has 144 valence electrons. The molecule has 0 spiro atoms. The highest BCUT2D eigenvalue weighted by atomic mass is 16.5. The first-order valence-electron chi connectivity index (χ1n) is 7.45. The van der Waals surface area contributed by atoms with Crippen molar-refractivity contribution < 1.29 is 38.2 Å². The van der Waals surface area contributed by atoms with Crippen molar-refractivity contribution in [1.29, 1.82) is 0 Å². The van der Waals surface area contributed by atoms with Gasteiger partial charge in [-0.05, 0) is 13.8 Å². The topological polar surface area (TPSA) is 169 Å². The highest BCUT2D eigenvalue weighted by Gasteiger charge is 2.10. The molecule has 6 amide bonds. The van der Waals surface area contributed by atoms with Gasteiger partial charge in [-0.3, -0.25) is 20.2 Å². The van der Waals surface area contributed by atoms with Crippen molar-refractivity contribution >= 4 is 35.8 Å². The van der Waals surface area contributed by atoms with Crippen molar-refractivity contribution in [3.05, 3.63) is 12.2 Å². The first kappa shape index (κ1) is 22.6. The smallest absolute Gasteiger partial charge is 0.331 e. The number of rotatable bonds is 8. The Morgan fingerprint density at radius 2 is 1.04 bits per heavy atom. The van der Waals surface area contributed by atoms with E-state index >= 15 is 0 Å². The fourth-order valence-electron chi connectivity index (χ4n) is 1.24. The lowest BCUT2D eigenvalue weighted by Crippen LogP contribution is -2.41. The number of ether oxygens (including phenoxy) is 2. The zero-order valence-electron chi connectivity index (χ0n) is 14.2. The highest BCUT2D eigenvalue weighted by Crippen LogP contribution is 1.87. The Labute approximate surface area is 148 Å². The summed E-state index contributed by atoms with van der Waals surface area (Å²) >= 11 is 0. The zero-order chi connectivity index (χ0) is 19.9. The van der Waals surface area contributed by atoms with Crippen LogP contribution < -0.4 is 21.3 Å². The Balaban J connectivity index is 4.06. The summed E-state index contributed by atoms with van der Waals surface area (Å²) in [5, 5.41) is 8.40. The SMILES string of the molecule is CCNC(=O)NC(=O)COC(=O)/C=C/C(=O)OCC(=O)NC(=O)NCC. The maximum absolute atomic E-state index is 11.3. The maximum Gasteiger partial charge on any atom is 0.331 e. The van der Waals surface area contributed by atoms with Crippen LogP contribution in [-0.2, 0) is 28.7 Å². The molecule has 0 aliphatic rings. The molecule has 0 bridgehead atoms. The van der Waals surface area contributed by atoms with Crippen molar-refractivity contribution in [2.24, 2.45) is 0 Å². The fourth-order valence-corrected chi connectivity index (χ4v) is 1.24. The van der Waals surface area contributed by atoms with Crippen LogP contribution >= 0.6 is 0 Å². The summed E-state index contributed by atoms with van der Waals surface area (Å²) in [7, 11) is 0. The second kappa shape index (κ2) is 12.9. The highest BCUT2D eigenvalue weighted by molar-refractivity contribution is 5.98. The lowest BCUT2D eigenvalue weighted by Gasteiger charge is -2.05. The van der Waals surface area contributed by atoms with Crippen LogP contribution in [0, 0.1) is 0 Å². The molecule has 0 unspecified atom stereocenters. The number of amides is 6. The van der Waals surface area contributed by atoms with Crippen LogP contribution in [-0.4, -0.2) is 62.1 Å². The van der Waals surface area contributed by atoms with Gasteiger partial charge in [0, 0.05) is 25.2 Å². The lowest BCUT2D eigenvalue weighted by atomic mass is 10.5. The first-order chi connectivity index (χ1) is 12.3. The van der Waals surface area contributed by atoms with Gasteiger partial charge >= 0.3 is 24.0 Å². The molecular weight excluding hydrogens is 352 g/mol. The third-order valence-corrected chi connectivity index (χ3v) is 2.23. The third kappa shape index (κ3) is 12.0. The first-order valence-corrected chi connectivity index (χ1v) is 7.45. The van der Waals surface area contributed by atoms with Crippen LogP contribution in [0.4, 0.5) is 9.59 Å². The van der Waals surface area contributed by atoms with E-state index in [1.54, 1.807) is 13.8 Å². The Morgan fingerprint density at radius 1 is 0.692 bits per heavy atom. The summed E-state index contributed by atoms with van der Waals surface area (Å²) in [4.78, 5) is 67.1. The summed E-state index contributed by atoms with van der Waals surface area (Å²) in [5.41, 5.74) is 0. The molecule has 0 aliphatic heterocycles. The van der Waals surface area contributed by atoms with E-state index in [0.717, 1.165) is 0 Å². The third-order valence-electron chi connectivity index (χ3n) is 2.23. The number of urea groups is 2. The van der Waals surface area contributed by atoms with E-state index in [9.17, 15) is 28.8 Å². The minimum Gasteiger partial charge on any atom is -0.452 e. The molecule has 26 heavy (non-hydrogen) atoms. The molecule has 0 fully saturated rings. The Bertz CT molecular complexity index is 537. The van der Waals surface area contributed by atoms with E-state index in [2.05, 4.69) is 20.1 Å². The van der Waals surface area contributed by atoms with E-state index in [1.165, 1.54) is 0 Å². The zero-order valence-corrected chi connectivity index (χ0v) is 14.2. The number of carbonyl (C=O) groups excluding carboxylic acids is 6. The van der Waals surface area contributed by atoms with Gasteiger partial charge in [-0.15, -0.1) is 0 Å². The molecule has 0 saturated carbocycles. The Morgan fingerprint density at radius 3 is 1.35 bits per heavy atom. The fraction of sp³-hybridized carbons (Fsp3) is 0.429. The molecular formula is C14H20N4O8. The van der Waals surface area contributed by atoms with Crippen molar-refractivity contribution in [3.8, 4) is 0 Å². The van der Waals surface area contributed by atoms with Gasteiger partial charge in [-0.1, -0.05) is 0 Å². The van der Waals surface area contributed by atoms with Crippen LogP contribution in [0.15, 0.2) is 12.2 Å². The van der Waals surface area contributed by atoms with E-state index in [1.807, 2.05) is 10.6 Å². The average Bonchev–Trinajstić information content (AvgIpc) is 2.56. The molecule has 0 aliphatic carbocycles. The van der Waals surface area contributed by atoms with Crippen molar-refractivity contribution in [2.45, 2.75) is 13.8 Å². The van der Waals surface area contributed by atoms with Gasteiger partial charge in [0.25, 0.3) is 11.8 Å². The molecule has 0 radical (unpaired) electrons. The predicted octanol–water partition coefficient (Wildman–Crippen LogP) is -1.68. The molecule has 12 heteroatoms. The van der Waals surface area contributed by atoms with E-state index < -0.39 is 49.0 Å². The normalized spacial score (nSPS) is 9.77. The van der Waals surface area contributed by atoms with Gasteiger partial charge in [-0.25, -0.2) is 19.2 Å². The Hall–Kier alpha value is -3.44. The number of imide groups is 2. The second-order valence-electron chi connectivity index (χ2n) is 4.36. The van der Waals surface area contributed by atoms with Gasteiger partial charge in [0.1, 0.15) is 0 Å². The molecule has 4 N–H and O–H groups in total. The standard InChI is InChI=1S/C14H20N4O8/c1-3-15-13(23)17-9(19)7-25-11(21)5-6-12(22)26-8-10(20)18-14(24)16-4-2/h5-6H,3-4,7-8H2,1-2H3,(H2,15,17,19,23)(H2,16,18,20,24)/b6-5+. The molecule has 0 aromatic rings. The Kier molecular flexibility index (Phi) is 11.2. The molecule has 12 nitrogen and oxygen atoms in total. The summed E-state index contributed by atoms with van der Waals surface area (Å²) in [6.07, 6.45) is 1.34. The molecule has 0 saturated heterocycles. The summed E-state index contributed by atoms with van der Waals surface area (Å²) in [6.45, 7) is 2.46. The predicted molar refractivity (Wildman–Crippen MR) is 85.5 cm³/mol. The van der Waals surface area contributed by atoms with Gasteiger partial charge in [0.05, 0.1) is 0 Å². The minimum absolute atomic E-state index is 0.311. The van der Waals surface area contributed by atoms with E-state index in [4.69, 9.17) is 0 Å². The second-order valence-corrected chi connectivity index (χ2v) is 4.36. The number of carbonyl (C=O) groups is 6. The molecule has 0 atom stereocenters. The molecule has 0 heterocycles. The summed E-state index contributed by atoms with van der Waals surface area (Å²) in [6, 6.07) is -1.47. The summed E-state index contributed by atoms with van der Waals surface area (Å²) < 4.78 is 8.96. The average molecular weight is 372 g/mol. The number of hydrogen-bond acceptors (Lipinski definition) is 8. The monoisotopic (exact) mass is 372 g/mol. The quantitative estimate of drug-likeness (QED) is 0.289. The molecule has 0 rings (SSSR count). The van der Waals surface area contributed by atoms with Crippen LogP contribution in [0.1, 0.15) is 13.8 Å². The van der Waals surface area contributed by atoms with Gasteiger partial charge in [0.15, 0.2) is 13.2 Å². The van der Waals surface area contributed by atoms with Crippen molar-refractivity contribution in [2.75, 3.05) is 26.3 Å². The number of nitrogens with one attached hydrogen (secondary N) is 4. The maximum atomic E-state index is 11.3. The van der Waals surface area contributed by atoms with Gasteiger partial charge < -0.3 is 20.1 Å². The van der Waals surface area contributed by atoms with Gasteiger partial charge in [0.2, 0.25) is 0 Å². The van der Waals surface area contributed by atoms with E-state index in [0.29, 0.717) is 25.2 Å². The van der Waals surface area contributed by atoms with Crippen LogP contribution in [0.25, 0.3) is 0 Å². The van der Waals surface area contributed by atoms with Crippen LogP contribution in [0.2, 0.25) is 0 Å². The van der Waals surface area contributed by atoms with E-state index in [-0.39, 0.29) is 0 Å². The summed E-state index contributed by atoms with van der Waals surface area (Å²) in [5.74, 6) is -3.80. The molecule has 0 aromatic carbocycles. The van der Waals surface area contributed by atoms with Crippen LogP contribution in [0.5, 0.6) is 0 Å². The minimum atomic E-state index is -1.04. The lowest BCUT2D eigenvalue weighted by molar-refractivity contribution is -0.145. The van der Waals surface area contributed by atoms with Crippen molar-refractivity contribution in [1.82, 2.24) is 21.3 Å². The van der Waals surface area contributed by atoms with Crippen molar-refractivity contribution in [3.63, 3.8) is 0 Å². The molecule has 0 aromatic heterocycles. The van der Waals surface area contributed by atoms with Gasteiger partial charge in [-0.2, -0.15) is 0 Å². The largest absolute Gasteiger partial charge is 0.452 e.